The molecule has 4 nitrogen and oxygen atoms in total. The van der Waals surface area contributed by atoms with Gasteiger partial charge in [-0.2, -0.15) is 0 Å². The van der Waals surface area contributed by atoms with E-state index in [1.165, 1.54) is 0 Å². The molecule has 0 aromatic heterocycles. The van der Waals surface area contributed by atoms with Crippen LogP contribution in [0.4, 0.5) is 0 Å². The Labute approximate surface area is 118 Å². The van der Waals surface area contributed by atoms with Gasteiger partial charge in [0.2, 0.25) is 5.91 Å². The molecule has 0 unspecified atom stereocenters. The van der Waals surface area contributed by atoms with Crippen LogP contribution >= 0.6 is 11.6 Å². The second-order valence-corrected chi connectivity index (χ2v) is 5.05. The maximum atomic E-state index is 11.7. The molecule has 0 spiro atoms. The molecule has 1 heterocycles. The monoisotopic (exact) mass is 282 g/mol. The molecule has 0 saturated carbocycles. The van der Waals surface area contributed by atoms with E-state index in [4.69, 9.17) is 16.3 Å². The van der Waals surface area contributed by atoms with Gasteiger partial charge in [-0.1, -0.05) is 23.7 Å². The Kier molecular flexibility index (Phi) is 5.48. The molecule has 0 bridgehead atoms. The first-order chi connectivity index (χ1) is 9.25. The van der Waals surface area contributed by atoms with Crippen molar-refractivity contribution in [2.24, 2.45) is 0 Å². The molecule has 2 rings (SSSR count). The van der Waals surface area contributed by atoms with E-state index >= 15 is 0 Å². The van der Waals surface area contributed by atoms with Gasteiger partial charge < -0.3 is 15.4 Å². The van der Waals surface area contributed by atoms with Crippen molar-refractivity contribution in [3.8, 4) is 5.75 Å². The van der Waals surface area contributed by atoms with Crippen LogP contribution in [0.1, 0.15) is 19.3 Å². The number of ether oxygens (including phenoxy) is 1. The minimum absolute atomic E-state index is 0.0285. The molecule has 1 saturated heterocycles. The van der Waals surface area contributed by atoms with Crippen molar-refractivity contribution in [2.45, 2.75) is 25.3 Å². The smallest absolute Gasteiger partial charge is 0.223 e. The first kappa shape index (κ1) is 14.2. The summed E-state index contributed by atoms with van der Waals surface area (Å²) < 4.78 is 5.49. The van der Waals surface area contributed by atoms with Crippen LogP contribution < -0.4 is 15.4 Å². The minimum atomic E-state index is 0.0285. The van der Waals surface area contributed by atoms with Crippen LogP contribution in [0.15, 0.2) is 24.3 Å². The summed E-state index contributed by atoms with van der Waals surface area (Å²) in [6, 6.07) is 7.52. The van der Waals surface area contributed by atoms with Crippen molar-refractivity contribution >= 4 is 17.5 Å². The lowest BCUT2D eigenvalue weighted by atomic mass is 10.1. The highest BCUT2D eigenvalue weighted by molar-refractivity contribution is 6.32. The summed E-state index contributed by atoms with van der Waals surface area (Å²) >= 11 is 5.96. The number of amides is 1. The topological polar surface area (TPSA) is 50.4 Å². The highest BCUT2D eigenvalue weighted by Gasteiger charge is 2.15. The maximum absolute atomic E-state index is 11.7. The number of carbonyl (C=O) groups is 1. The van der Waals surface area contributed by atoms with Gasteiger partial charge in [0, 0.05) is 12.6 Å². The van der Waals surface area contributed by atoms with Gasteiger partial charge in [0.25, 0.3) is 0 Å². The average Bonchev–Trinajstić information content (AvgIpc) is 2.42. The van der Waals surface area contributed by atoms with E-state index in [2.05, 4.69) is 10.6 Å². The summed E-state index contributed by atoms with van der Waals surface area (Å²) in [5, 5.41) is 6.84. The van der Waals surface area contributed by atoms with Crippen LogP contribution in [-0.2, 0) is 4.79 Å². The average molecular weight is 283 g/mol. The number of hydrogen-bond donors (Lipinski definition) is 2. The van der Waals surface area contributed by atoms with E-state index in [9.17, 15) is 4.79 Å². The summed E-state index contributed by atoms with van der Waals surface area (Å²) in [4.78, 5) is 11.7. The summed E-state index contributed by atoms with van der Waals surface area (Å²) in [6.07, 6.45) is 2.51. The lowest BCUT2D eigenvalue weighted by Gasteiger charge is -2.23. The van der Waals surface area contributed by atoms with Gasteiger partial charge in [-0.05, 0) is 31.5 Å². The first-order valence-electron chi connectivity index (χ1n) is 6.63. The van der Waals surface area contributed by atoms with Gasteiger partial charge in [-0.25, -0.2) is 0 Å². The molecule has 2 N–H and O–H groups in total. The molecule has 1 fully saturated rings. The number of halogens is 1. The van der Waals surface area contributed by atoms with E-state index in [0.29, 0.717) is 23.8 Å². The van der Waals surface area contributed by atoms with E-state index in [1.54, 1.807) is 12.1 Å². The van der Waals surface area contributed by atoms with Gasteiger partial charge in [0.1, 0.15) is 5.75 Å². The van der Waals surface area contributed by atoms with Crippen LogP contribution in [0, 0.1) is 0 Å². The summed E-state index contributed by atoms with van der Waals surface area (Å²) in [5.41, 5.74) is 0. The van der Waals surface area contributed by atoms with Crippen molar-refractivity contribution in [3.63, 3.8) is 0 Å². The molecular formula is C14H19ClN2O2. The Morgan fingerprint density at radius 2 is 2.32 bits per heavy atom. The first-order valence-corrected chi connectivity index (χ1v) is 7.01. The SMILES string of the molecule is O=C(CCOc1ccccc1Cl)N[C@H]1CCCNC1. The molecule has 19 heavy (non-hydrogen) atoms. The second kappa shape index (κ2) is 7.36. The molecule has 104 valence electrons. The highest BCUT2D eigenvalue weighted by Crippen LogP contribution is 2.22. The third kappa shape index (κ3) is 4.73. The van der Waals surface area contributed by atoms with Crippen LogP contribution in [0.3, 0.4) is 0 Å². The van der Waals surface area contributed by atoms with Gasteiger partial charge in [0.15, 0.2) is 0 Å². The zero-order valence-electron chi connectivity index (χ0n) is 10.8. The Morgan fingerprint density at radius 3 is 3.05 bits per heavy atom. The van der Waals surface area contributed by atoms with E-state index in [1.807, 2.05) is 12.1 Å². The fourth-order valence-corrected chi connectivity index (χ4v) is 2.28. The van der Waals surface area contributed by atoms with E-state index in [0.717, 1.165) is 25.9 Å². The van der Waals surface area contributed by atoms with Crippen LogP contribution in [-0.4, -0.2) is 31.6 Å². The third-order valence-electron chi connectivity index (χ3n) is 3.09. The molecule has 1 aromatic rings. The highest BCUT2D eigenvalue weighted by atomic mass is 35.5. The van der Waals surface area contributed by atoms with Gasteiger partial charge >= 0.3 is 0 Å². The molecule has 1 atom stereocenters. The fourth-order valence-electron chi connectivity index (χ4n) is 2.09. The predicted molar refractivity (Wildman–Crippen MR) is 75.6 cm³/mol. The maximum Gasteiger partial charge on any atom is 0.223 e. The Morgan fingerprint density at radius 1 is 1.47 bits per heavy atom. The number of piperidine rings is 1. The zero-order valence-corrected chi connectivity index (χ0v) is 11.6. The summed E-state index contributed by atoms with van der Waals surface area (Å²) in [7, 11) is 0. The lowest BCUT2D eigenvalue weighted by Crippen LogP contribution is -2.45. The quantitative estimate of drug-likeness (QED) is 0.868. The molecule has 1 amide bonds. The van der Waals surface area contributed by atoms with Crippen LogP contribution in [0.5, 0.6) is 5.75 Å². The van der Waals surface area contributed by atoms with E-state index < -0.39 is 0 Å². The molecule has 5 heteroatoms. The van der Waals surface area contributed by atoms with Crippen molar-refractivity contribution < 1.29 is 9.53 Å². The lowest BCUT2D eigenvalue weighted by molar-refractivity contribution is -0.122. The summed E-state index contributed by atoms with van der Waals surface area (Å²) in [6.45, 7) is 2.24. The largest absolute Gasteiger partial charge is 0.491 e. The Balaban J connectivity index is 1.67. The van der Waals surface area contributed by atoms with Gasteiger partial charge in [-0.3, -0.25) is 4.79 Å². The van der Waals surface area contributed by atoms with Crippen molar-refractivity contribution in [3.05, 3.63) is 29.3 Å². The number of hydrogen-bond acceptors (Lipinski definition) is 3. The van der Waals surface area contributed by atoms with Crippen LogP contribution in [0.25, 0.3) is 0 Å². The summed E-state index contributed by atoms with van der Waals surface area (Å²) in [5.74, 6) is 0.650. The van der Waals surface area contributed by atoms with E-state index in [-0.39, 0.29) is 11.9 Å². The standard InChI is InChI=1S/C14H19ClN2O2/c15-12-5-1-2-6-13(12)19-9-7-14(18)17-11-4-3-8-16-10-11/h1-2,5-6,11,16H,3-4,7-10H2,(H,17,18)/t11-/m0/s1. The number of benzene rings is 1. The molecule has 0 radical (unpaired) electrons. The number of nitrogens with one attached hydrogen (secondary N) is 2. The molecule has 1 aromatic carbocycles. The Hall–Kier alpha value is -1.26. The number of rotatable bonds is 5. The fraction of sp³-hybridized carbons (Fsp3) is 0.500. The van der Waals surface area contributed by atoms with Crippen molar-refractivity contribution in [2.75, 3.05) is 19.7 Å². The number of para-hydroxylation sites is 1. The zero-order chi connectivity index (χ0) is 13.5. The van der Waals surface area contributed by atoms with Crippen LogP contribution in [0.2, 0.25) is 5.02 Å². The normalized spacial score (nSPS) is 18.9. The molecule has 1 aliphatic rings. The molecule has 1 aliphatic heterocycles. The van der Waals surface area contributed by atoms with Crippen molar-refractivity contribution in [1.29, 1.82) is 0 Å². The second-order valence-electron chi connectivity index (χ2n) is 4.64. The number of carbonyl (C=O) groups excluding carboxylic acids is 1. The molecule has 0 aliphatic carbocycles. The van der Waals surface area contributed by atoms with Crippen molar-refractivity contribution in [1.82, 2.24) is 10.6 Å². The third-order valence-corrected chi connectivity index (χ3v) is 3.40. The predicted octanol–water partition coefficient (Wildman–Crippen LogP) is 1.98. The minimum Gasteiger partial charge on any atom is -0.491 e. The van der Waals surface area contributed by atoms with Gasteiger partial charge in [-0.15, -0.1) is 0 Å². The Bertz CT molecular complexity index is 420. The van der Waals surface area contributed by atoms with Gasteiger partial charge in [0.05, 0.1) is 18.1 Å². The molecular weight excluding hydrogens is 264 g/mol.